The van der Waals surface area contributed by atoms with Crippen molar-refractivity contribution in [1.29, 1.82) is 0 Å². The van der Waals surface area contributed by atoms with Crippen LogP contribution in [0.3, 0.4) is 0 Å². The summed E-state index contributed by atoms with van der Waals surface area (Å²) >= 11 is 0.0889. The number of benzene rings is 3. The molecule has 0 aliphatic carbocycles. The van der Waals surface area contributed by atoms with Crippen LogP contribution in [0.25, 0.3) is 0 Å². The van der Waals surface area contributed by atoms with Crippen LogP contribution < -0.4 is 10.7 Å². The molecule has 0 unspecified atom stereocenters. The van der Waals surface area contributed by atoms with Crippen LogP contribution in [0.1, 0.15) is 6.92 Å². The molecule has 3 aromatic carbocycles. The van der Waals surface area contributed by atoms with Gasteiger partial charge in [-0.3, -0.25) is 0 Å². The van der Waals surface area contributed by atoms with Crippen LogP contribution in [0.15, 0.2) is 91.0 Å². The van der Waals surface area contributed by atoms with Gasteiger partial charge in [0.15, 0.2) is 0 Å². The minimum absolute atomic E-state index is 1.26. The van der Waals surface area contributed by atoms with Crippen LogP contribution in [-0.2, 0) is 0 Å². The summed E-state index contributed by atoms with van der Waals surface area (Å²) in [6.07, 6.45) is 0. The van der Waals surface area contributed by atoms with Crippen molar-refractivity contribution in [2.75, 3.05) is 0 Å². The van der Waals surface area contributed by atoms with Crippen molar-refractivity contribution in [2.45, 2.75) is 11.4 Å². The summed E-state index contributed by atoms with van der Waals surface area (Å²) in [4.78, 5) is 0. The van der Waals surface area contributed by atoms with Gasteiger partial charge in [-0.05, 0) is 0 Å². The Morgan fingerprint density at radius 3 is 1.05 bits per heavy atom. The summed E-state index contributed by atoms with van der Waals surface area (Å²) in [5.41, 5.74) is 0. The summed E-state index contributed by atoms with van der Waals surface area (Å²) < 4.78 is 5.85. The third-order valence-corrected chi connectivity index (χ3v) is 11.0. The molecule has 0 amide bonds. The van der Waals surface area contributed by atoms with E-state index in [4.69, 9.17) is 0 Å². The topological polar surface area (TPSA) is 0 Å². The maximum absolute atomic E-state index is 2.29. The molecule has 0 nitrogen and oxygen atoms in total. The quantitative estimate of drug-likeness (QED) is 0.480. The first-order chi connectivity index (χ1) is 10.9. The molecule has 0 saturated heterocycles. The molecule has 0 N–H and O–H groups in total. The molecule has 0 spiro atoms. The Morgan fingerprint density at radius 1 is 0.591 bits per heavy atom. The van der Waals surface area contributed by atoms with E-state index in [2.05, 4.69) is 120 Å². The molecule has 110 valence electrons. The van der Waals surface area contributed by atoms with E-state index in [0.29, 0.717) is 0 Å². The van der Waals surface area contributed by atoms with Crippen molar-refractivity contribution in [3.8, 4) is 0 Å². The van der Waals surface area contributed by atoms with Gasteiger partial charge in [-0.15, -0.1) is 0 Å². The summed E-state index contributed by atoms with van der Waals surface area (Å²) in [6, 6.07) is 32.9. The molecule has 0 saturated carbocycles. The van der Waals surface area contributed by atoms with Gasteiger partial charge in [-0.1, -0.05) is 0 Å². The number of rotatable bonds is 3. The van der Waals surface area contributed by atoms with Crippen molar-refractivity contribution in [3.05, 3.63) is 91.0 Å². The molecule has 0 bridgehead atoms. The SMILES string of the molecule is CC[Te].c1cc[c]([Sn]([c]2ccccc2)[c]2ccccc2)cc1. The van der Waals surface area contributed by atoms with Gasteiger partial charge in [0, 0.05) is 0 Å². The first-order valence-electron chi connectivity index (χ1n) is 7.48. The monoisotopic (exact) mass is 510 g/mol. The van der Waals surface area contributed by atoms with E-state index in [0.717, 1.165) is 0 Å². The van der Waals surface area contributed by atoms with Crippen LogP contribution in [-0.4, -0.2) is 42.1 Å². The Kier molecular flexibility index (Phi) is 8.08. The van der Waals surface area contributed by atoms with Gasteiger partial charge in [-0.25, -0.2) is 0 Å². The molecule has 22 heavy (non-hydrogen) atoms. The van der Waals surface area contributed by atoms with E-state index in [-0.39, 0.29) is 0 Å². The van der Waals surface area contributed by atoms with Gasteiger partial charge in [0.05, 0.1) is 0 Å². The molecule has 3 aromatic rings. The third kappa shape index (κ3) is 5.16. The maximum atomic E-state index is 2.29. The second-order valence-corrected chi connectivity index (χ2v) is 13.5. The normalized spacial score (nSPS) is 9.95. The minimum atomic E-state index is -1.98. The van der Waals surface area contributed by atoms with Gasteiger partial charge in [-0.2, -0.15) is 0 Å². The summed E-state index contributed by atoms with van der Waals surface area (Å²) in [6.45, 7) is 2.13. The van der Waals surface area contributed by atoms with Crippen molar-refractivity contribution >= 4 is 52.8 Å². The van der Waals surface area contributed by atoms with E-state index >= 15 is 0 Å². The molecule has 0 heterocycles. The van der Waals surface area contributed by atoms with Gasteiger partial charge in [0.1, 0.15) is 0 Å². The van der Waals surface area contributed by atoms with E-state index in [1.54, 1.807) is 0 Å². The summed E-state index contributed by atoms with van der Waals surface area (Å²) in [5, 5.41) is 0. The molecule has 0 aromatic heterocycles. The van der Waals surface area contributed by atoms with Crippen molar-refractivity contribution in [3.63, 3.8) is 0 Å². The first kappa shape index (κ1) is 17.6. The average Bonchev–Trinajstić information content (AvgIpc) is 2.59. The Morgan fingerprint density at radius 2 is 0.818 bits per heavy atom. The standard InChI is InChI=1S/3C6H5.C2H5Te.Sn/c3*1-2-4-6-5-3-1;1-2-3;/h3*1-5H;2H2,1H3;. The predicted molar refractivity (Wildman–Crippen MR) is 100 cm³/mol. The van der Waals surface area contributed by atoms with Crippen molar-refractivity contribution in [1.82, 2.24) is 0 Å². The van der Waals surface area contributed by atoms with Crippen LogP contribution in [0, 0.1) is 0 Å². The molecule has 0 atom stereocenters. The Labute approximate surface area is 154 Å². The summed E-state index contributed by atoms with van der Waals surface area (Å²) in [7, 11) is 0. The number of hydrogen-bond acceptors (Lipinski definition) is 0. The average molecular weight is 507 g/mol. The summed E-state index contributed by atoms with van der Waals surface area (Å²) in [5.74, 6) is 0. The van der Waals surface area contributed by atoms with E-state index in [1.165, 1.54) is 15.2 Å². The zero-order valence-electron chi connectivity index (χ0n) is 12.8. The van der Waals surface area contributed by atoms with Gasteiger partial charge in [0.2, 0.25) is 0 Å². The fourth-order valence-electron chi connectivity index (χ4n) is 2.31. The zero-order chi connectivity index (χ0) is 15.6. The zero-order valence-corrected chi connectivity index (χ0v) is 18.0. The fourth-order valence-corrected chi connectivity index (χ4v) is 9.67. The second kappa shape index (κ2) is 10.1. The van der Waals surface area contributed by atoms with Crippen LogP contribution in [0.5, 0.6) is 0 Å². The van der Waals surface area contributed by atoms with Crippen LogP contribution in [0.2, 0.25) is 4.47 Å². The molecule has 0 aliphatic heterocycles. The van der Waals surface area contributed by atoms with E-state index in [1.807, 2.05) is 0 Å². The molecule has 2 heteroatoms. The van der Waals surface area contributed by atoms with Crippen molar-refractivity contribution in [2.24, 2.45) is 0 Å². The molecular weight excluding hydrogens is 487 g/mol. The number of hydrogen-bond donors (Lipinski definition) is 0. The van der Waals surface area contributed by atoms with Crippen LogP contribution in [0.4, 0.5) is 0 Å². The Hall–Kier alpha value is -0.752. The molecule has 2 radical (unpaired) electrons. The fraction of sp³-hybridized carbons (Fsp3) is 0.100. The third-order valence-electron chi connectivity index (χ3n) is 3.19. The predicted octanol–water partition coefficient (Wildman–Crippen LogP) is 2.80. The van der Waals surface area contributed by atoms with Gasteiger partial charge < -0.3 is 0 Å². The molecule has 3 rings (SSSR count). The van der Waals surface area contributed by atoms with E-state index < -0.39 is 19.8 Å². The van der Waals surface area contributed by atoms with Crippen molar-refractivity contribution < 1.29 is 0 Å². The van der Waals surface area contributed by atoms with Gasteiger partial charge >= 0.3 is 155 Å². The molecular formula is C20H20SnTe. The second-order valence-electron chi connectivity index (χ2n) is 4.76. The molecule has 0 fully saturated rings. The first-order valence-corrected chi connectivity index (χ1v) is 13.4. The Balaban J connectivity index is 0.000000545. The molecule has 0 aliphatic rings. The van der Waals surface area contributed by atoms with E-state index in [9.17, 15) is 0 Å². The Bertz CT molecular complexity index is 544. The van der Waals surface area contributed by atoms with Gasteiger partial charge in [0.25, 0.3) is 0 Å². The van der Waals surface area contributed by atoms with Crippen LogP contribution >= 0.6 is 0 Å².